The number of rotatable bonds is 1. The van der Waals surface area contributed by atoms with Crippen molar-refractivity contribution in [2.75, 3.05) is 0 Å². The Bertz CT molecular complexity index is 307. The summed E-state index contributed by atoms with van der Waals surface area (Å²) in [6.07, 6.45) is -4.59. The van der Waals surface area contributed by atoms with Crippen LogP contribution >= 0.6 is 0 Å². The van der Waals surface area contributed by atoms with Crippen LogP contribution < -0.4 is 0 Å². The second kappa shape index (κ2) is 3.26. The molecule has 0 atom stereocenters. The molecule has 0 amide bonds. The number of aliphatic hydroxyl groups excluding tert-OH is 1. The van der Waals surface area contributed by atoms with Crippen LogP contribution in [0.5, 0.6) is 5.75 Å². The first-order valence-electron chi connectivity index (χ1n) is 3.45. The number of hydrogen-bond donors (Lipinski definition) is 2. The maximum Gasteiger partial charge on any atom is 0.419 e. The third kappa shape index (κ3) is 1.92. The Morgan fingerprint density at radius 1 is 1.23 bits per heavy atom. The fraction of sp³-hybridized carbons (Fsp3) is 0.250. The first kappa shape index (κ1) is 9.85. The number of aromatic hydroxyl groups is 1. The Morgan fingerprint density at radius 2 is 1.85 bits per heavy atom. The number of aliphatic hydroxyl groups is 1. The molecule has 72 valence electrons. The van der Waals surface area contributed by atoms with Crippen molar-refractivity contribution < 1.29 is 23.4 Å². The number of phenols is 1. The van der Waals surface area contributed by atoms with Crippen molar-refractivity contribution in [3.05, 3.63) is 29.3 Å². The summed E-state index contributed by atoms with van der Waals surface area (Å²) < 4.78 is 36.4. The van der Waals surface area contributed by atoms with Gasteiger partial charge in [-0.15, -0.1) is 0 Å². The zero-order chi connectivity index (χ0) is 10.1. The fourth-order valence-electron chi connectivity index (χ4n) is 0.948. The first-order chi connectivity index (χ1) is 5.96. The van der Waals surface area contributed by atoms with E-state index in [-0.39, 0.29) is 5.56 Å². The Balaban J connectivity index is 3.24. The Morgan fingerprint density at radius 3 is 2.31 bits per heavy atom. The van der Waals surface area contributed by atoms with Gasteiger partial charge in [-0.3, -0.25) is 0 Å². The van der Waals surface area contributed by atoms with Crippen molar-refractivity contribution in [3.8, 4) is 5.75 Å². The van der Waals surface area contributed by atoms with Gasteiger partial charge in [0.05, 0.1) is 12.2 Å². The molecule has 0 heterocycles. The standard InChI is InChI=1S/C8H7F3O2/c9-8(10,11)6-3-1-2-5(4-12)7(6)13/h1-3,12-13H,4H2. The minimum atomic E-state index is -4.59. The average Bonchev–Trinajstić information content (AvgIpc) is 2.02. The molecular formula is C8H7F3O2. The fourth-order valence-corrected chi connectivity index (χ4v) is 0.948. The molecule has 1 aromatic carbocycles. The van der Waals surface area contributed by atoms with E-state index < -0.39 is 24.1 Å². The van der Waals surface area contributed by atoms with E-state index in [9.17, 15) is 13.2 Å². The van der Waals surface area contributed by atoms with Crippen LogP contribution in [-0.2, 0) is 12.8 Å². The van der Waals surface area contributed by atoms with Gasteiger partial charge in [-0.05, 0) is 6.07 Å². The summed E-state index contributed by atoms with van der Waals surface area (Å²) in [6, 6.07) is 3.12. The molecule has 0 aliphatic rings. The number of hydrogen-bond acceptors (Lipinski definition) is 2. The van der Waals surface area contributed by atoms with Crippen molar-refractivity contribution in [2.24, 2.45) is 0 Å². The van der Waals surface area contributed by atoms with Crippen LogP contribution in [0.3, 0.4) is 0 Å². The van der Waals surface area contributed by atoms with E-state index in [2.05, 4.69) is 0 Å². The van der Waals surface area contributed by atoms with Gasteiger partial charge in [0.15, 0.2) is 0 Å². The summed E-state index contributed by atoms with van der Waals surface area (Å²) in [5.41, 5.74) is -1.26. The van der Waals surface area contributed by atoms with Crippen LogP contribution in [-0.4, -0.2) is 10.2 Å². The van der Waals surface area contributed by atoms with E-state index in [1.54, 1.807) is 0 Å². The Kier molecular flexibility index (Phi) is 2.47. The van der Waals surface area contributed by atoms with Crippen LogP contribution in [0.1, 0.15) is 11.1 Å². The molecule has 0 radical (unpaired) electrons. The molecule has 0 aliphatic heterocycles. The molecule has 1 rings (SSSR count). The summed E-state index contributed by atoms with van der Waals surface area (Å²) in [7, 11) is 0. The molecule has 0 aromatic heterocycles. The van der Waals surface area contributed by atoms with Gasteiger partial charge < -0.3 is 10.2 Å². The lowest BCUT2D eigenvalue weighted by Crippen LogP contribution is -2.06. The number of para-hydroxylation sites is 1. The van der Waals surface area contributed by atoms with Crippen molar-refractivity contribution in [1.29, 1.82) is 0 Å². The van der Waals surface area contributed by atoms with Gasteiger partial charge in [-0.1, -0.05) is 12.1 Å². The number of halogens is 3. The van der Waals surface area contributed by atoms with E-state index >= 15 is 0 Å². The predicted molar refractivity (Wildman–Crippen MR) is 39.0 cm³/mol. The largest absolute Gasteiger partial charge is 0.507 e. The average molecular weight is 192 g/mol. The molecule has 5 heteroatoms. The van der Waals surface area contributed by atoms with Crippen molar-refractivity contribution in [2.45, 2.75) is 12.8 Å². The second-order valence-electron chi connectivity index (χ2n) is 2.47. The highest BCUT2D eigenvalue weighted by molar-refractivity contribution is 5.41. The highest BCUT2D eigenvalue weighted by atomic mass is 19.4. The van der Waals surface area contributed by atoms with Crippen molar-refractivity contribution in [3.63, 3.8) is 0 Å². The lowest BCUT2D eigenvalue weighted by Gasteiger charge is -2.10. The van der Waals surface area contributed by atoms with Crippen LogP contribution in [0.15, 0.2) is 18.2 Å². The number of benzene rings is 1. The van der Waals surface area contributed by atoms with Gasteiger partial charge in [-0.2, -0.15) is 13.2 Å². The molecule has 0 saturated heterocycles. The SMILES string of the molecule is OCc1cccc(C(F)(F)F)c1O. The van der Waals surface area contributed by atoms with Crippen molar-refractivity contribution >= 4 is 0 Å². The minimum Gasteiger partial charge on any atom is -0.507 e. The van der Waals surface area contributed by atoms with Crippen LogP contribution in [0.25, 0.3) is 0 Å². The van der Waals surface area contributed by atoms with Crippen LogP contribution in [0.4, 0.5) is 13.2 Å². The lowest BCUT2D eigenvalue weighted by molar-refractivity contribution is -0.138. The van der Waals surface area contributed by atoms with Gasteiger partial charge in [0, 0.05) is 5.56 Å². The molecule has 0 fully saturated rings. The molecule has 0 bridgehead atoms. The molecule has 0 saturated carbocycles. The number of alkyl halides is 3. The summed E-state index contributed by atoms with van der Waals surface area (Å²) in [5.74, 6) is -0.905. The molecule has 0 unspecified atom stereocenters. The maximum atomic E-state index is 12.1. The third-order valence-corrected chi connectivity index (χ3v) is 1.60. The van der Waals surface area contributed by atoms with Gasteiger partial charge in [-0.25, -0.2) is 0 Å². The highest BCUT2D eigenvalue weighted by Crippen LogP contribution is 2.37. The van der Waals surface area contributed by atoms with Gasteiger partial charge >= 0.3 is 6.18 Å². The molecule has 0 aliphatic carbocycles. The van der Waals surface area contributed by atoms with Crippen molar-refractivity contribution in [1.82, 2.24) is 0 Å². The molecular weight excluding hydrogens is 185 g/mol. The monoisotopic (exact) mass is 192 g/mol. The summed E-state index contributed by atoms with van der Waals surface area (Å²) in [4.78, 5) is 0. The van der Waals surface area contributed by atoms with Gasteiger partial charge in [0.1, 0.15) is 5.75 Å². The summed E-state index contributed by atoms with van der Waals surface area (Å²) in [5, 5.41) is 17.6. The Labute approximate surface area is 72.2 Å². The molecule has 2 nitrogen and oxygen atoms in total. The summed E-state index contributed by atoms with van der Waals surface area (Å²) in [6.45, 7) is -0.615. The first-order valence-corrected chi connectivity index (χ1v) is 3.45. The van der Waals surface area contributed by atoms with E-state index in [4.69, 9.17) is 10.2 Å². The summed E-state index contributed by atoms with van der Waals surface area (Å²) >= 11 is 0. The zero-order valence-electron chi connectivity index (χ0n) is 6.47. The predicted octanol–water partition coefficient (Wildman–Crippen LogP) is 1.90. The van der Waals surface area contributed by atoms with E-state index in [0.717, 1.165) is 12.1 Å². The van der Waals surface area contributed by atoms with Gasteiger partial charge in [0.25, 0.3) is 0 Å². The van der Waals surface area contributed by atoms with Crippen LogP contribution in [0, 0.1) is 0 Å². The molecule has 13 heavy (non-hydrogen) atoms. The van der Waals surface area contributed by atoms with Crippen LogP contribution in [0.2, 0.25) is 0 Å². The molecule has 1 aromatic rings. The lowest BCUT2D eigenvalue weighted by atomic mass is 10.1. The van der Waals surface area contributed by atoms with E-state index in [1.807, 2.05) is 0 Å². The quantitative estimate of drug-likeness (QED) is 0.713. The topological polar surface area (TPSA) is 40.5 Å². The van der Waals surface area contributed by atoms with Gasteiger partial charge in [0.2, 0.25) is 0 Å². The maximum absolute atomic E-state index is 12.1. The highest BCUT2D eigenvalue weighted by Gasteiger charge is 2.34. The Hall–Kier alpha value is -1.23. The molecule has 2 N–H and O–H groups in total. The molecule has 0 spiro atoms. The minimum absolute atomic E-state index is 0.130. The second-order valence-corrected chi connectivity index (χ2v) is 2.47. The smallest absolute Gasteiger partial charge is 0.419 e. The van der Waals surface area contributed by atoms with E-state index in [0.29, 0.717) is 0 Å². The third-order valence-electron chi connectivity index (χ3n) is 1.60. The zero-order valence-corrected chi connectivity index (χ0v) is 6.47. The van der Waals surface area contributed by atoms with E-state index in [1.165, 1.54) is 6.07 Å². The normalized spacial score (nSPS) is 11.7.